The van der Waals surface area contributed by atoms with Gasteiger partial charge in [0.1, 0.15) is 12.4 Å². The number of carbonyl (C=O) groups is 1. The number of nitrogens with zero attached hydrogens (tertiary/aromatic N) is 3. The average Bonchev–Trinajstić information content (AvgIpc) is 3.03. The Hall–Kier alpha value is -2.30. The molecule has 1 aliphatic rings. The molecule has 9 heteroatoms. The molecule has 138 valence electrons. The number of ether oxygens (including phenoxy) is 2. The second-order valence-corrected chi connectivity index (χ2v) is 7.26. The quantitative estimate of drug-likeness (QED) is 0.524. The first-order valence-electron chi connectivity index (χ1n) is 7.98. The zero-order valence-corrected chi connectivity index (χ0v) is 16.9. The number of methoxy groups -OCH3 is 1. The van der Waals surface area contributed by atoms with Crippen LogP contribution in [0.3, 0.4) is 0 Å². The molecule has 8 nitrogen and oxygen atoms in total. The Bertz CT molecular complexity index is 891. The summed E-state index contributed by atoms with van der Waals surface area (Å²) in [7, 11) is 1.48. The molecule has 3 rings (SSSR count). The summed E-state index contributed by atoms with van der Waals surface area (Å²) in [6.07, 6.45) is 1.16. The van der Waals surface area contributed by atoms with Gasteiger partial charge in [-0.15, -0.1) is 0 Å². The molecule has 0 bridgehead atoms. The maximum Gasteiger partial charge on any atom is 0.338 e. The summed E-state index contributed by atoms with van der Waals surface area (Å²) in [4.78, 5) is 17.0. The second kappa shape index (κ2) is 7.14. The number of halogens is 1. The molecule has 1 aromatic carbocycles. The van der Waals surface area contributed by atoms with Crippen LogP contribution in [-0.4, -0.2) is 39.1 Å². The van der Waals surface area contributed by atoms with Gasteiger partial charge in [-0.25, -0.2) is 9.48 Å². The van der Waals surface area contributed by atoms with Gasteiger partial charge < -0.3 is 19.9 Å². The zero-order valence-electron chi connectivity index (χ0n) is 14.8. The third kappa shape index (κ3) is 3.22. The lowest BCUT2D eigenvalue weighted by molar-refractivity contribution is -0.143. The Balaban J connectivity index is 2.18. The Kier molecular flexibility index (Phi) is 5.08. The fourth-order valence-corrected chi connectivity index (χ4v) is 3.47. The number of anilines is 1. The number of phenolic OH excluding ortho intramolecular Hbond substituents is 1. The number of hydrogen-bond donors (Lipinski definition) is 2. The van der Waals surface area contributed by atoms with Crippen molar-refractivity contribution >= 4 is 34.5 Å². The molecular formula is C17H19IN4O4. The molecule has 1 atom stereocenters. The van der Waals surface area contributed by atoms with E-state index in [2.05, 4.69) is 15.4 Å². The lowest BCUT2D eigenvalue weighted by atomic mass is 9.95. The lowest BCUT2D eigenvalue weighted by Gasteiger charge is -2.29. The van der Waals surface area contributed by atoms with Gasteiger partial charge in [0.2, 0.25) is 5.95 Å². The molecule has 0 saturated carbocycles. The van der Waals surface area contributed by atoms with Gasteiger partial charge in [0.05, 0.1) is 22.4 Å². The van der Waals surface area contributed by atoms with Crippen LogP contribution in [0.5, 0.6) is 11.5 Å². The van der Waals surface area contributed by atoms with Gasteiger partial charge in [-0.3, -0.25) is 0 Å². The summed E-state index contributed by atoms with van der Waals surface area (Å²) in [6, 6.07) is 2.92. The van der Waals surface area contributed by atoms with Gasteiger partial charge in [0.15, 0.2) is 11.5 Å². The van der Waals surface area contributed by atoms with E-state index in [1.165, 1.54) is 13.4 Å². The van der Waals surface area contributed by atoms with Crippen LogP contribution >= 0.6 is 22.6 Å². The fraction of sp³-hybridized carbons (Fsp3) is 0.353. The number of carbonyl (C=O) groups excluding carboxylic acids is 1. The van der Waals surface area contributed by atoms with Crippen molar-refractivity contribution in [1.29, 1.82) is 0 Å². The van der Waals surface area contributed by atoms with Gasteiger partial charge in [-0.05, 0) is 61.1 Å². The summed E-state index contributed by atoms with van der Waals surface area (Å²) in [5, 5.41) is 17.5. The van der Waals surface area contributed by atoms with E-state index < -0.39 is 12.0 Å². The van der Waals surface area contributed by atoms with Crippen molar-refractivity contribution in [2.24, 2.45) is 0 Å². The number of esters is 1. The first-order chi connectivity index (χ1) is 12.3. The monoisotopic (exact) mass is 470 g/mol. The first-order valence-corrected chi connectivity index (χ1v) is 9.06. The summed E-state index contributed by atoms with van der Waals surface area (Å²) in [6.45, 7) is 5.39. The molecule has 2 aromatic rings. The highest BCUT2D eigenvalue weighted by Crippen LogP contribution is 2.40. The SMILES string of the molecule is COc1cc(C2C(C(=O)OC(C)C)=C(C)Nc3ncnn32)cc(I)c1O. The van der Waals surface area contributed by atoms with Gasteiger partial charge in [-0.2, -0.15) is 10.1 Å². The topological polar surface area (TPSA) is 98.5 Å². The highest BCUT2D eigenvalue weighted by atomic mass is 127. The van der Waals surface area contributed by atoms with Crippen LogP contribution in [0.4, 0.5) is 5.95 Å². The summed E-state index contributed by atoms with van der Waals surface area (Å²) >= 11 is 2.02. The van der Waals surface area contributed by atoms with Crippen LogP contribution < -0.4 is 10.1 Å². The molecule has 0 fully saturated rings. The normalized spacial score (nSPS) is 16.3. The van der Waals surface area contributed by atoms with Crippen LogP contribution in [0.25, 0.3) is 0 Å². The second-order valence-electron chi connectivity index (χ2n) is 6.10. The van der Waals surface area contributed by atoms with Crippen LogP contribution in [0.2, 0.25) is 0 Å². The van der Waals surface area contributed by atoms with Crippen molar-refractivity contribution in [3.63, 3.8) is 0 Å². The number of allylic oxidation sites excluding steroid dienone is 1. The van der Waals surface area contributed by atoms with Crippen molar-refractivity contribution < 1.29 is 19.4 Å². The number of fused-ring (bicyclic) bond motifs is 1. The van der Waals surface area contributed by atoms with E-state index in [1.807, 2.05) is 22.6 Å². The molecule has 0 aliphatic carbocycles. The number of aromatic nitrogens is 3. The average molecular weight is 470 g/mol. The van der Waals surface area contributed by atoms with Crippen molar-refractivity contribution in [2.75, 3.05) is 12.4 Å². The minimum Gasteiger partial charge on any atom is -0.504 e. The zero-order chi connectivity index (χ0) is 19.0. The molecule has 26 heavy (non-hydrogen) atoms. The fourth-order valence-electron chi connectivity index (χ4n) is 2.85. The highest BCUT2D eigenvalue weighted by Gasteiger charge is 2.35. The molecule has 0 radical (unpaired) electrons. The molecule has 0 saturated heterocycles. The van der Waals surface area contributed by atoms with Gasteiger partial charge in [0, 0.05) is 5.70 Å². The van der Waals surface area contributed by atoms with E-state index in [1.54, 1.807) is 37.6 Å². The highest BCUT2D eigenvalue weighted by molar-refractivity contribution is 14.1. The van der Waals surface area contributed by atoms with Crippen LogP contribution in [0.15, 0.2) is 29.7 Å². The Morgan fingerprint density at radius 3 is 2.81 bits per heavy atom. The molecule has 0 amide bonds. The summed E-state index contributed by atoms with van der Waals surface area (Å²) in [5.74, 6) is 0.465. The molecule has 0 spiro atoms. The Labute approximate surface area is 164 Å². The predicted octanol–water partition coefficient (Wildman–Crippen LogP) is 2.84. The maximum atomic E-state index is 12.8. The molecule has 2 heterocycles. The third-order valence-electron chi connectivity index (χ3n) is 3.94. The van der Waals surface area contributed by atoms with Crippen molar-refractivity contribution in [3.05, 3.63) is 38.9 Å². The minimum atomic E-state index is -0.553. The van der Waals surface area contributed by atoms with E-state index in [0.29, 0.717) is 26.5 Å². The number of benzene rings is 1. The van der Waals surface area contributed by atoms with E-state index in [0.717, 1.165) is 5.56 Å². The number of rotatable bonds is 4. The van der Waals surface area contributed by atoms with Crippen molar-refractivity contribution in [2.45, 2.75) is 32.9 Å². The smallest absolute Gasteiger partial charge is 0.338 e. The van der Waals surface area contributed by atoms with Crippen molar-refractivity contribution in [1.82, 2.24) is 14.8 Å². The Morgan fingerprint density at radius 2 is 2.15 bits per heavy atom. The number of hydrogen-bond acceptors (Lipinski definition) is 7. The molecule has 1 aromatic heterocycles. The Morgan fingerprint density at radius 1 is 1.42 bits per heavy atom. The van der Waals surface area contributed by atoms with Gasteiger partial charge in [0.25, 0.3) is 0 Å². The molecule has 1 unspecified atom stereocenters. The van der Waals surface area contributed by atoms with Gasteiger partial charge >= 0.3 is 5.97 Å². The van der Waals surface area contributed by atoms with Crippen LogP contribution in [0.1, 0.15) is 32.4 Å². The predicted molar refractivity (Wildman–Crippen MR) is 103 cm³/mol. The number of nitrogens with one attached hydrogen (secondary N) is 1. The van der Waals surface area contributed by atoms with E-state index in [9.17, 15) is 9.90 Å². The molecule has 1 aliphatic heterocycles. The van der Waals surface area contributed by atoms with Gasteiger partial charge in [-0.1, -0.05) is 0 Å². The maximum absolute atomic E-state index is 12.8. The molecular weight excluding hydrogens is 451 g/mol. The van der Waals surface area contributed by atoms with E-state index >= 15 is 0 Å². The largest absolute Gasteiger partial charge is 0.504 e. The third-order valence-corrected chi connectivity index (χ3v) is 4.77. The van der Waals surface area contributed by atoms with Crippen molar-refractivity contribution in [3.8, 4) is 11.5 Å². The summed E-state index contributed by atoms with van der Waals surface area (Å²) in [5.41, 5.74) is 1.80. The first kappa shape index (κ1) is 18.5. The van der Waals surface area contributed by atoms with E-state index in [-0.39, 0.29) is 11.9 Å². The lowest BCUT2D eigenvalue weighted by Crippen LogP contribution is -2.30. The number of aromatic hydroxyl groups is 1. The van der Waals surface area contributed by atoms with Crippen LogP contribution in [-0.2, 0) is 9.53 Å². The van der Waals surface area contributed by atoms with Crippen LogP contribution in [0, 0.1) is 3.57 Å². The summed E-state index contributed by atoms with van der Waals surface area (Å²) < 4.78 is 12.9. The minimum absolute atomic E-state index is 0.0524. The molecule has 2 N–H and O–H groups in total. The van der Waals surface area contributed by atoms with E-state index in [4.69, 9.17) is 9.47 Å². The number of phenols is 1. The standard InChI is InChI=1S/C17H19IN4O4/c1-8(2)26-16(24)13-9(3)21-17-19-7-20-22(17)14(13)10-5-11(18)15(23)12(6-10)25-4/h5-8,14,23H,1-4H3,(H,19,20,21).